The molecule has 1 N–H and O–H groups in total. The van der Waals surface area contributed by atoms with Gasteiger partial charge < -0.3 is 24.4 Å². The van der Waals surface area contributed by atoms with Gasteiger partial charge in [-0.1, -0.05) is 27.7 Å². The highest BCUT2D eigenvalue weighted by Gasteiger charge is 2.71. The fraction of sp³-hybridized carbons (Fsp3) is 0.972. The van der Waals surface area contributed by atoms with E-state index in [0.29, 0.717) is 30.1 Å². The number of ether oxygens (including phenoxy) is 4. The molecule has 10 aliphatic rings. The normalized spacial score (nSPS) is 56.4. The Bertz CT molecular complexity index is 1230. The molecule has 2 saturated carbocycles. The number of rotatable bonds is 4. The van der Waals surface area contributed by atoms with Crippen LogP contribution in [0.25, 0.3) is 0 Å². The van der Waals surface area contributed by atoms with E-state index in [0.717, 1.165) is 44.2 Å². The van der Waals surface area contributed by atoms with Crippen molar-refractivity contribution in [3.8, 4) is 0 Å². The van der Waals surface area contributed by atoms with Crippen LogP contribution in [0.1, 0.15) is 120 Å². The lowest BCUT2D eigenvalue weighted by atomic mass is 9.56. The summed E-state index contributed by atoms with van der Waals surface area (Å²) in [6.45, 7) is 19.8. The summed E-state index contributed by atoms with van der Waals surface area (Å²) in [6, 6.07) is 0. The van der Waals surface area contributed by atoms with E-state index < -0.39 is 35.4 Å². The number of nitrogens with one attached hydrogen (secondary N) is 1. The van der Waals surface area contributed by atoms with Gasteiger partial charge >= 0.3 is 0 Å². The molecule has 0 amide bonds. The number of hydrazone groups is 1. The second kappa shape index (κ2) is 10.8. The Hall–Kier alpha value is -0.850. The molecular weight excluding hydrogens is 588 g/mol. The highest BCUT2D eigenvalue weighted by Crippen LogP contribution is 2.63. The van der Waals surface area contributed by atoms with Crippen LogP contribution in [0.2, 0.25) is 0 Å². The molecule has 260 valence electrons. The molecule has 8 saturated heterocycles. The van der Waals surface area contributed by atoms with Crippen LogP contribution in [-0.2, 0) is 38.5 Å². The molecule has 4 bridgehead atoms. The lowest BCUT2D eigenvalue weighted by Crippen LogP contribution is -2.71. The van der Waals surface area contributed by atoms with E-state index in [1.54, 1.807) is 0 Å². The first-order chi connectivity index (χ1) is 21.7. The van der Waals surface area contributed by atoms with Crippen molar-refractivity contribution in [1.82, 2.24) is 5.43 Å². The summed E-state index contributed by atoms with van der Waals surface area (Å²) in [5.41, 5.74) is 3.02. The van der Waals surface area contributed by atoms with Gasteiger partial charge in [-0.2, -0.15) is 5.10 Å². The van der Waals surface area contributed by atoms with Crippen LogP contribution >= 0.6 is 0 Å². The SMILES string of the molecule is C[C@H]1[C@@H](/C(C[C@H]2O[C@@H]3O[C@]4(C)CC[C@H]5[C@H](C)CC[C@@H]([C@H]2C)[C@@]35OO4)=N\NC(C)(C)C)O[C@@H]2O[C@]3(C)CC[C@H]4[C@H](C)CC[C@@H]1[C@@]24OO3. The van der Waals surface area contributed by atoms with Gasteiger partial charge in [0.2, 0.25) is 11.6 Å². The first-order valence-electron chi connectivity index (χ1n) is 18.4. The second-order valence-electron chi connectivity index (χ2n) is 17.9. The van der Waals surface area contributed by atoms with Gasteiger partial charge in [0, 0.05) is 36.6 Å². The molecule has 8 heterocycles. The second-order valence-corrected chi connectivity index (χ2v) is 17.9. The zero-order chi connectivity index (χ0) is 32.4. The van der Waals surface area contributed by atoms with Crippen LogP contribution < -0.4 is 5.43 Å². The summed E-state index contributed by atoms with van der Waals surface area (Å²) in [5, 5.41) is 5.17. The quantitative estimate of drug-likeness (QED) is 0.205. The molecule has 0 aromatic heterocycles. The number of nitrogens with zero attached hydrogens (tertiary/aromatic N) is 1. The van der Waals surface area contributed by atoms with Crippen LogP contribution in [0.15, 0.2) is 5.10 Å². The standard InChI is InChI=1S/C36H58N2O8/c1-19-10-12-25-21(3)28(39-30-35(25)23(19)14-16-33(8,41-30)43-45-35)18-27(37-38-32(5,6)7)29-22(4)26-13-11-20(2)24-15-17-34(9)42-31(40-29)36(24,26)46-44-34/h19-26,28-31,38H,10-18H2,1-9H3/b37-27-/t19-,20-,21-,22-,23+,24+,25+,26+,28-,29+,30-,31-,33+,34+,35-,36-/m1/s1. The van der Waals surface area contributed by atoms with Crippen LogP contribution in [0.3, 0.4) is 0 Å². The zero-order valence-corrected chi connectivity index (χ0v) is 29.5. The molecule has 0 aromatic carbocycles. The fourth-order valence-electron chi connectivity index (χ4n) is 11.2. The minimum absolute atomic E-state index is 0.115. The average molecular weight is 647 g/mol. The number of hydrogen-bond acceptors (Lipinski definition) is 10. The van der Waals surface area contributed by atoms with Crippen molar-refractivity contribution in [1.29, 1.82) is 0 Å². The van der Waals surface area contributed by atoms with Gasteiger partial charge in [0.1, 0.15) is 6.10 Å². The Morgan fingerprint density at radius 3 is 1.74 bits per heavy atom. The summed E-state index contributed by atoms with van der Waals surface area (Å²) in [5.74, 6) is 0.932. The maximum atomic E-state index is 7.12. The Balaban J connectivity index is 1.13. The van der Waals surface area contributed by atoms with Crippen LogP contribution in [-0.4, -0.2) is 58.8 Å². The average Bonchev–Trinajstić information content (AvgIpc) is 3.37. The van der Waals surface area contributed by atoms with Gasteiger partial charge in [0.15, 0.2) is 23.8 Å². The zero-order valence-electron chi connectivity index (χ0n) is 29.5. The van der Waals surface area contributed by atoms with Crippen molar-refractivity contribution in [3.63, 3.8) is 0 Å². The minimum Gasteiger partial charge on any atom is -0.345 e. The van der Waals surface area contributed by atoms with Gasteiger partial charge in [-0.05, 0) is 109 Å². The number of fused-ring (bicyclic) bond motifs is 4. The van der Waals surface area contributed by atoms with E-state index >= 15 is 0 Å². The van der Waals surface area contributed by atoms with Gasteiger partial charge in [0.05, 0.1) is 11.8 Å². The molecule has 2 spiro atoms. The smallest absolute Gasteiger partial charge is 0.201 e. The van der Waals surface area contributed by atoms with Crippen molar-refractivity contribution in [2.75, 3.05) is 0 Å². The first kappa shape index (κ1) is 32.4. The Morgan fingerprint density at radius 1 is 0.674 bits per heavy atom. The molecule has 0 unspecified atom stereocenters. The Kier molecular flexibility index (Phi) is 7.61. The van der Waals surface area contributed by atoms with E-state index in [4.69, 9.17) is 43.6 Å². The predicted molar refractivity (Wildman–Crippen MR) is 169 cm³/mol. The molecule has 10 rings (SSSR count). The van der Waals surface area contributed by atoms with Gasteiger partial charge in [-0.15, -0.1) is 0 Å². The summed E-state index contributed by atoms with van der Waals surface area (Å²) in [7, 11) is 0. The van der Waals surface area contributed by atoms with Gasteiger partial charge in [-0.3, -0.25) is 0 Å². The van der Waals surface area contributed by atoms with Gasteiger partial charge in [-0.25, -0.2) is 19.6 Å². The van der Waals surface area contributed by atoms with E-state index in [2.05, 4.69) is 53.9 Å². The molecule has 46 heavy (non-hydrogen) atoms. The van der Waals surface area contributed by atoms with Crippen molar-refractivity contribution in [2.45, 2.75) is 173 Å². The molecule has 8 aliphatic heterocycles. The summed E-state index contributed by atoms with van der Waals surface area (Å²) in [4.78, 5) is 25.1. The maximum absolute atomic E-state index is 7.12. The summed E-state index contributed by atoms with van der Waals surface area (Å²) < 4.78 is 27.6. The van der Waals surface area contributed by atoms with Crippen LogP contribution in [0.4, 0.5) is 0 Å². The lowest BCUT2D eigenvalue weighted by molar-refractivity contribution is -0.571. The molecule has 0 aromatic rings. The third kappa shape index (κ3) is 4.74. The largest absolute Gasteiger partial charge is 0.345 e. The van der Waals surface area contributed by atoms with E-state index in [1.165, 1.54) is 12.8 Å². The number of hydrogen-bond donors (Lipinski definition) is 1. The first-order valence-corrected chi connectivity index (χ1v) is 18.4. The van der Waals surface area contributed by atoms with E-state index in [-0.39, 0.29) is 41.4 Å². The lowest BCUT2D eigenvalue weighted by Gasteiger charge is -2.61. The monoisotopic (exact) mass is 646 g/mol. The van der Waals surface area contributed by atoms with E-state index in [1.807, 2.05) is 13.8 Å². The summed E-state index contributed by atoms with van der Waals surface area (Å²) >= 11 is 0. The highest BCUT2D eigenvalue weighted by atomic mass is 17.3. The molecule has 16 atom stereocenters. The van der Waals surface area contributed by atoms with Crippen molar-refractivity contribution < 1.29 is 38.5 Å². The molecular formula is C36H58N2O8. The van der Waals surface area contributed by atoms with Gasteiger partial charge in [0.25, 0.3) is 0 Å². The maximum Gasteiger partial charge on any atom is 0.201 e. The van der Waals surface area contributed by atoms with Crippen molar-refractivity contribution in [2.24, 2.45) is 52.4 Å². The van der Waals surface area contributed by atoms with Crippen LogP contribution in [0.5, 0.6) is 0 Å². The molecule has 10 nitrogen and oxygen atoms in total. The van der Waals surface area contributed by atoms with Crippen molar-refractivity contribution in [3.05, 3.63) is 0 Å². The highest BCUT2D eigenvalue weighted by molar-refractivity contribution is 5.89. The molecule has 2 aliphatic carbocycles. The topological polar surface area (TPSA) is 98.2 Å². The Labute approximate surface area is 275 Å². The molecule has 0 radical (unpaired) electrons. The third-order valence-electron chi connectivity index (χ3n) is 13.7. The fourth-order valence-corrected chi connectivity index (χ4v) is 11.2. The summed E-state index contributed by atoms with van der Waals surface area (Å²) in [6.07, 6.45) is 7.35. The van der Waals surface area contributed by atoms with Crippen molar-refractivity contribution >= 4 is 5.71 Å². The molecule has 10 fully saturated rings. The Morgan fingerprint density at radius 2 is 1.20 bits per heavy atom. The predicted octanol–water partition coefficient (Wildman–Crippen LogP) is 6.62. The van der Waals surface area contributed by atoms with Crippen LogP contribution in [0, 0.1) is 47.3 Å². The molecule has 10 heteroatoms. The minimum atomic E-state index is -0.818. The third-order valence-corrected chi connectivity index (χ3v) is 13.7. The van der Waals surface area contributed by atoms with E-state index in [9.17, 15) is 0 Å².